The molecule has 0 radical (unpaired) electrons. The van der Waals surface area contributed by atoms with Gasteiger partial charge in [-0.2, -0.15) is 11.8 Å². The first-order valence-corrected chi connectivity index (χ1v) is 6.80. The summed E-state index contributed by atoms with van der Waals surface area (Å²) >= 11 is 1.93. The van der Waals surface area contributed by atoms with Crippen LogP contribution in [0.1, 0.15) is 34.6 Å². The molecule has 1 aliphatic rings. The van der Waals surface area contributed by atoms with Gasteiger partial charge in [0.05, 0.1) is 6.04 Å². The van der Waals surface area contributed by atoms with Crippen molar-refractivity contribution in [2.24, 2.45) is 11.1 Å². The first-order chi connectivity index (χ1) is 7.13. The summed E-state index contributed by atoms with van der Waals surface area (Å²) < 4.78 is 0.158. The molecule has 17 heavy (non-hydrogen) atoms. The SMILES string of the molecule is CC1(C)CN(C(=O)[C@@H](N)C(C)(C)C)CCS1.Cl. The monoisotopic (exact) mass is 280 g/mol. The summed E-state index contributed by atoms with van der Waals surface area (Å²) in [6.07, 6.45) is 0. The van der Waals surface area contributed by atoms with Crippen LogP contribution in [0.15, 0.2) is 0 Å². The number of halogens is 1. The molecule has 1 atom stereocenters. The van der Waals surface area contributed by atoms with E-state index in [0.29, 0.717) is 0 Å². The Kier molecular flexibility index (Phi) is 5.83. The second kappa shape index (κ2) is 5.81. The van der Waals surface area contributed by atoms with Crippen LogP contribution < -0.4 is 5.73 Å². The normalized spacial score (nSPS) is 21.6. The zero-order valence-electron chi connectivity index (χ0n) is 11.4. The van der Waals surface area contributed by atoms with Gasteiger partial charge in [-0.15, -0.1) is 12.4 Å². The number of hydrogen-bond donors (Lipinski definition) is 1. The first-order valence-electron chi connectivity index (χ1n) is 5.82. The van der Waals surface area contributed by atoms with Crippen LogP contribution in [0.25, 0.3) is 0 Å². The number of carbonyl (C=O) groups is 1. The van der Waals surface area contributed by atoms with Crippen molar-refractivity contribution in [1.82, 2.24) is 4.90 Å². The minimum atomic E-state index is -0.397. The zero-order valence-corrected chi connectivity index (χ0v) is 13.1. The predicted molar refractivity (Wildman–Crippen MR) is 77.8 cm³/mol. The average Bonchev–Trinajstić information content (AvgIpc) is 2.12. The molecule has 1 amide bonds. The molecule has 2 N–H and O–H groups in total. The fraction of sp³-hybridized carbons (Fsp3) is 0.917. The van der Waals surface area contributed by atoms with Crippen LogP contribution >= 0.6 is 24.2 Å². The standard InChI is InChI=1S/C12H24N2OS.ClH/c1-11(2,3)9(13)10(15)14-6-7-16-12(4,5)8-14;/h9H,6-8,13H2,1-5H3;1H/t9-;/m1./s1. The minimum Gasteiger partial charge on any atom is -0.339 e. The third-order valence-electron chi connectivity index (χ3n) is 2.94. The van der Waals surface area contributed by atoms with Gasteiger partial charge in [-0.05, 0) is 19.3 Å². The molecule has 0 spiro atoms. The lowest BCUT2D eigenvalue weighted by molar-refractivity contribution is -0.135. The summed E-state index contributed by atoms with van der Waals surface area (Å²) in [4.78, 5) is 14.1. The minimum absolute atomic E-state index is 0. The Labute approximate surface area is 115 Å². The van der Waals surface area contributed by atoms with Crippen molar-refractivity contribution in [2.75, 3.05) is 18.8 Å². The van der Waals surface area contributed by atoms with Crippen molar-refractivity contribution in [3.63, 3.8) is 0 Å². The quantitative estimate of drug-likeness (QED) is 0.800. The summed E-state index contributed by atoms with van der Waals surface area (Å²) in [6.45, 7) is 12.0. The molecule has 0 aromatic heterocycles. The number of rotatable bonds is 1. The van der Waals surface area contributed by atoms with Crippen molar-refractivity contribution < 1.29 is 4.79 Å². The second-order valence-corrected chi connectivity index (χ2v) is 8.01. The van der Waals surface area contributed by atoms with Crippen molar-refractivity contribution in [3.8, 4) is 0 Å². The molecule has 1 rings (SSSR count). The number of carbonyl (C=O) groups excluding carboxylic acids is 1. The Balaban J connectivity index is 0.00000256. The Hall–Kier alpha value is 0.0700. The van der Waals surface area contributed by atoms with E-state index in [4.69, 9.17) is 5.73 Å². The van der Waals surface area contributed by atoms with E-state index in [-0.39, 0.29) is 28.5 Å². The lowest BCUT2D eigenvalue weighted by Gasteiger charge is -2.40. The number of amides is 1. The van der Waals surface area contributed by atoms with E-state index in [9.17, 15) is 4.79 Å². The number of nitrogens with zero attached hydrogens (tertiary/aromatic N) is 1. The molecule has 1 heterocycles. The molecule has 0 bridgehead atoms. The third-order valence-corrected chi connectivity index (χ3v) is 4.23. The van der Waals surface area contributed by atoms with Crippen LogP contribution in [0.4, 0.5) is 0 Å². The molecule has 0 aromatic rings. The van der Waals surface area contributed by atoms with Crippen molar-refractivity contribution in [2.45, 2.75) is 45.4 Å². The van der Waals surface area contributed by atoms with Crippen LogP contribution in [0, 0.1) is 5.41 Å². The van der Waals surface area contributed by atoms with Crippen LogP contribution in [0.3, 0.4) is 0 Å². The Bertz CT molecular complexity index is 276. The van der Waals surface area contributed by atoms with Crippen molar-refractivity contribution in [3.05, 3.63) is 0 Å². The van der Waals surface area contributed by atoms with Gasteiger partial charge >= 0.3 is 0 Å². The van der Waals surface area contributed by atoms with E-state index in [1.807, 2.05) is 37.4 Å². The van der Waals surface area contributed by atoms with Gasteiger partial charge in [0.15, 0.2) is 0 Å². The Morgan fingerprint density at radius 1 is 1.41 bits per heavy atom. The molecule has 0 unspecified atom stereocenters. The summed E-state index contributed by atoms with van der Waals surface area (Å²) in [5.41, 5.74) is 5.85. The molecule has 102 valence electrons. The fourth-order valence-corrected chi connectivity index (χ4v) is 2.88. The van der Waals surface area contributed by atoms with Gasteiger partial charge in [0.1, 0.15) is 0 Å². The van der Waals surface area contributed by atoms with Gasteiger partial charge in [0, 0.05) is 23.6 Å². The van der Waals surface area contributed by atoms with E-state index in [1.165, 1.54) is 0 Å². The average molecular weight is 281 g/mol. The van der Waals surface area contributed by atoms with Crippen molar-refractivity contribution in [1.29, 1.82) is 0 Å². The van der Waals surface area contributed by atoms with E-state index < -0.39 is 6.04 Å². The van der Waals surface area contributed by atoms with Gasteiger partial charge in [-0.3, -0.25) is 4.79 Å². The van der Waals surface area contributed by atoms with E-state index in [0.717, 1.165) is 18.8 Å². The highest BCUT2D eigenvalue weighted by atomic mass is 35.5. The highest BCUT2D eigenvalue weighted by molar-refractivity contribution is 8.00. The van der Waals surface area contributed by atoms with Gasteiger partial charge in [0.25, 0.3) is 0 Å². The molecule has 1 fully saturated rings. The van der Waals surface area contributed by atoms with Gasteiger partial charge in [0.2, 0.25) is 5.91 Å². The smallest absolute Gasteiger partial charge is 0.240 e. The highest BCUT2D eigenvalue weighted by Crippen LogP contribution is 2.30. The topological polar surface area (TPSA) is 46.3 Å². The van der Waals surface area contributed by atoms with Gasteiger partial charge in [-0.25, -0.2) is 0 Å². The predicted octanol–water partition coefficient (Wildman–Crippen LogP) is 2.14. The maximum absolute atomic E-state index is 12.2. The molecular formula is C12H25ClN2OS. The van der Waals surface area contributed by atoms with Crippen LogP contribution in [-0.4, -0.2) is 40.4 Å². The molecule has 0 saturated carbocycles. The van der Waals surface area contributed by atoms with Gasteiger partial charge < -0.3 is 10.6 Å². The fourth-order valence-electron chi connectivity index (χ4n) is 1.77. The molecule has 0 aliphatic carbocycles. The second-order valence-electron chi connectivity index (χ2n) is 6.21. The lowest BCUT2D eigenvalue weighted by Crippen LogP contribution is -2.55. The largest absolute Gasteiger partial charge is 0.339 e. The summed E-state index contributed by atoms with van der Waals surface area (Å²) in [6, 6.07) is -0.397. The number of hydrogen-bond acceptors (Lipinski definition) is 3. The van der Waals surface area contributed by atoms with Crippen LogP contribution in [0.2, 0.25) is 0 Å². The highest BCUT2D eigenvalue weighted by Gasteiger charge is 2.35. The number of nitrogens with two attached hydrogens (primary N) is 1. The summed E-state index contributed by atoms with van der Waals surface area (Å²) in [7, 11) is 0. The molecule has 0 aromatic carbocycles. The maximum Gasteiger partial charge on any atom is 0.240 e. The van der Waals surface area contributed by atoms with Crippen LogP contribution in [0.5, 0.6) is 0 Å². The van der Waals surface area contributed by atoms with E-state index >= 15 is 0 Å². The zero-order chi connectivity index (χ0) is 12.6. The molecule has 1 aliphatic heterocycles. The van der Waals surface area contributed by atoms with E-state index in [1.54, 1.807) is 0 Å². The Morgan fingerprint density at radius 3 is 2.35 bits per heavy atom. The summed E-state index contributed by atoms with van der Waals surface area (Å²) in [5, 5.41) is 0. The third kappa shape index (κ3) is 4.68. The Morgan fingerprint density at radius 2 is 1.94 bits per heavy atom. The molecule has 1 saturated heterocycles. The number of thioether (sulfide) groups is 1. The molecule has 5 heteroatoms. The van der Waals surface area contributed by atoms with Crippen molar-refractivity contribution >= 4 is 30.1 Å². The summed E-state index contributed by atoms with van der Waals surface area (Å²) in [5.74, 6) is 1.11. The molecule has 3 nitrogen and oxygen atoms in total. The van der Waals surface area contributed by atoms with Crippen LogP contribution in [-0.2, 0) is 4.79 Å². The first kappa shape index (κ1) is 17.1. The van der Waals surface area contributed by atoms with E-state index in [2.05, 4.69) is 13.8 Å². The maximum atomic E-state index is 12.2. The molecular weight excluding hydrogens is 256 g/mol. The lowest BCUT2D eigenvalue weighted by atomic mass is 9.86. The van der Waals surface area contributed by atoms with Gasteiger partial charge in [-0.1, -0.05) is 20.8 Å².